The van der Waals surface area contributed by atoms with E-state index in [-0.39, 0.29) is 18.0 Å². The minimum atomic E-state index is -0.243. The van der Waals surface area contributed by atoms with Crippen molar-refractivity contribution in [3.05, 3.63) is 58.7 Å². The number of piperidine rings is 1. The van der Waals surface area contributed by atoms with Crippen molar-refractivity contribution in [2.24, 2.45) is 4.99 Å². The molecule has 192 valence electrons. The minimum absolute atomic E-state index is 0.0954. The Morgan fingerprint density at radius 1 is 1.11 bits per heavy atom. The number of likely N-dealkylation sites (tertiary alicyclic amines) is 1. The normalized spacial score (nSPS) is 15.1. The van der Waals surface area contributed by atoms with E-state index in [0.717, 1.165) is 34.3 Å². The Bertz CT molecular complexity index is 1600. The minimum Gasteiger partial charge on any atom is -0.375 e. The number of halogens is 1. The summed E-state index contributed by atoms with van der Waals surface area (Å²) in [5.41, 5.74) is 9.35. The van der Waals surface area contributed by atoms with Gasteiger partial charge in [0.15, 0.2) is 10.9 Å². The average molecular weight is 548 g/mol. The number of thiazole rings is 1. The molecule has 5 N–H and O–H groups in total. The third-order valence-corrected chi connectivity index (χ3v) is 7.51. The number of anilines is 5. The van der Waals surface area contributed by atoms with E-state index in [0.29, 0.717) is 46.3 Å². The third kappa shape index (κ3) is 4.95. The van der Waals surface area contributed by atoms with Crippen LogP contribution in [0.3, 0.4) is 0 Å². The van der Waals surface area contributed by atoms with Crippen molar-refractivity contribution in [1.82, 2.24) is 19.9 Å². The van der Waals surface area contributed by atoms with Gasteiger partial charge in [0.2, 0.25) is 5.95 Å². The number of fused-ring (bicyclic) bond motifs is 2. The zero-order chi connectivity index (χ0) is 26.2. The first kappa shape index (κ1) is 24.1. The van der Waals surface area contributed by atoms with Crippen LogP contribution in [-0.4, -0.2) is 57.1 Å². The Hall–Kier alpha value is -4.29. The molecule has 2 aliphatic heterocycles. The van der Waals surface area contributed by atoms with Crippen LogP contribution >= 0.6 is 22.9 Å². The molecule has 2 aliphatic rings. The second-order valence-electron chi connectivity index (χ2n) is 8.95. The van der Waals surface area contributed by atoms with Gasteiger partial charge in [0.1, 0.15) is 5.02 Å². The highest BCUT2D eigenvalue weighted by Crippen LogP contribution is 2.28. The van der Waals surface area contributed by atoms with Crippen molar-refractivity contribution in [3.63, 3.8) is 0 Å². The number of urea groups is 1. The number of nitrogens with zero attached hydrogens (tertiary/aromatic N) is 5. The molecule has 0 saturated carbocycles. The van der Waals surface area contributed by atoms with Crippen LogP contribution in [0.25, 0.3) is 10.2 Å². The molecular formula is C25H22ClN9O2S. The molecule has 6 rings (SSSR count). The van der Waals surface area contributed by atoms with Gasteiger partial charge in [-0.3, -0.25) is 4.79 Å². The van der Waals surface area contributed by atoms with E-state index in [4.69, 9.17) is 17.3 Å². The van der Waals surface area contributed by atoms with Crippen molar-refractivity contribution in [2.45, 2.75) is 18.9 Å². The van der Waals surface area contributed by atoms with Gasteiger partial charge in [0, 0.05) is 42.3 Å². The highest BCUT2D eigenvalue weighted by Gasteiger charge is 2.24. The van der Waals surface area contributed by atoms with Gasteiger partial charge in [0.05, 0.1) is 22.0 Å². The largest absolute Gasteiger partial charge is 0.375 e. The highest BCUT2D eigenvalue weighted by molar-refractivity contribution is 7.22. The van der Waals surface area contributed by atoms with Gasteiger partial charge >= 0.3 is 6.03 Å². The molecule has 38 heavy (non-hydrogen) atoms. The average Bonchev–Trinajstić information content (AvgIpc) is 3.47. The highest BCUT2D eigenvalue weighted by atomic mass is 35.5. The summed E-state index contributed by atoms with van der Waals surface area (Å²) < 4.78 is 0.930. The number of nitrogen functional groups attached to an aromatic ring is 1. The Kier molecular flexibility index (Phi) is 6.26. The number of hydrogen-bond donors (Lipinski definition) is 4. The number of hydrogen-bond acceptors (Lipinski definition) is 9. The Morgan fingerprint density at radius 2 is 1.92 bits per heavy atom. The van der Waals surface area contributed by atoms with Gasteiger partial charge in [-0.05, 0) is 49.2 Å². The lowest BCUT2D eigenvalue weighted by Gasteiger charge is -2.32. The van der Waals surface area contributed by atoms with Crippen molar-refractivity contribution in [3.8, 4) is 0 Å². The maximum Gasteiger partial charge on any atom is 0.321 e. The second kappa shape index (κ2) is 9.88. The number of rotatable bonds is 5. The van der Waals surface area contributed by atoms with Gasteiger partial charge in [-0.25, -0.2) is 19.8 Å². The predicted octanol–water partition coefficient (Wildman–Crippen LogP) is 4.75. The van der Waals surface area contributed by atoms with Crippen molar-refractivity contribution in [2.75, 3.05) is 34.8 Å². The van der Waals surface area contributed by atoms with E-state index < -0.39 is 0 Å². The molecule has 0 aliphatic carbocycles. The van der Waals surface area contributed by atoms with Gasteiger partial charge < -0.3 is 26.6 Å². The fraction of sp³-hybridized carbons (Fsp3) is 0.200. The smallest absolute Gasteiger partial charge is 0.321 e. The van der Waals surface area contributed by atoms with Crippen LogP contribution < -0.4 is 21.7 Å². The summed E-state index contributed by atoms with van der Waals surface area (Å²) >= 11 is 7.76. The van der Waals surface area contributed by atoms with E-state index >= 15 is 0 Å². The molecule has 4 heterocycles. The summed E-state index contributed by atoms with van der Waals surface area (Å²) in [5.74, 6) is 0.643. The summed E-state index contributed by atoms with van der Waals surface area (Å²) in [5, 5.41) is 10.4. The van der Waals surface area contributed by atoms with E-state index in [2.05, 4.69) is 35.9 Å². The van der Waals surface area contributed by atoms with Crippen LogP contribution in [0.5, 0.6) is 0 Å². The number of aromatic nitrogens is 3. The van der Waals surface area contributed by atoms with Crippen LogP contribution in [0.4, 0.5) is 33.1 Å². The first-order valence-corrected chi connectivity index (χ1v) is 13.1. The summed E-state index contributed by atoms with van der Waals surface area (Å²) in [6.07, 6.45) is 4.55. The maximum absolute atomic E-state index is 12.8. The zero-order valence-electron chi connectivity index (χ0n) is 19.9. The fourth-order valence-electron chi connectivity index (χ4n) is 4.44. The van der Waals surface area contributed by atoms with Gasteiger partial charge in [-0.2, -0.15) is 4.98 Å². The summed E-state index contributed by atoms with van der Waals surface area (Å²) in [6.45, 7) is 1.17. The molecule has 11 nitrogen and oxygen atoms in total. The number of nitrogens with one attached hydrogen (secondary N) is 3. The molecule has 13 heteroatoms. The number of nitrogens with two attached hydrogens (primary N) is 1. The van der Waals surface area contributed by atoms with Gasteiger partial charge in [0.25, 0.3) is 5.91 Å². The first-order chi connectivity index (χ1) is 18.4. The lowest BCUT2D eigenvalue weighted by atomic mass is 10.1. The molecule has 3 amide bonds. The van der Waals surface area contributed by atoms with E-state index in [1.807, 2.05) is 24.3 Å². The quantitative estimate of drug-likeness (QED) is 0.279. The second-order valence-corrected chi connectivity index (χ2v) is 10.4. The molecule has 1 fully saturated rings. The summed E-state index contributed by atoms with van der Waals surface area (Å²) in [6, 6.07) is 10.8. The van der Waals surface area contributed by atoms with E-state index in [1.165, 1.54) is 17.5 Å². The van der Waals surface area contributed by atoms with Crippen LogP contribution in [0, 0.1) is 0 Å². The SMILES string of the molecule is Nc1nc2ccc(NC(=O)N3CCC(Nc4nc(Nc5ccc6c(c5)C=NC6=O)ncc4Cl)CC3)cc2s1. The molecule has 2 aromatic carbocycles. The van der Waals surface area contributed by atoms with Crippen LogP contribution in [0.2, 0.25) is 5.02 Å². The van der Waals surface area contributed by atoms with Crippen molar-refractivity contribution >= 4 is 79.6 Å². The molecule has 0 atom stereocenters. The fourth-order valence-corrected chi connectivity index (χ4v) is 5.36. The zero-order valence-corrected chi connectivity index (χ0v) is 21.5. The van der Waals surface area contributed by atoms with Crippen molar-refractivity contribution < 1.29 is 9.59 Å². The van der Waals surface area contributed by atoms with Crippen LogP contribution in [0.15, 0.2) is 47.6 Å². The number of carbonyl (C=O) groups is 2. The molecule has 0 bridgehead atoms. The molecule has 0 spiro atoms. The summed E-state index contributed by atoms with van der Waals surface area (Å²) in [4.78, 5) is 43.1. The maximum atomic E-state index is 12.8. The monoisotopic (exact) mass is 547 g/mol. The van der Waals surface area contributed by atoms with Crippen LogP contribution in [0.1, 0.15) is 28.8 Å². The molecule has 1 saturated heterocycles. The lowest BCUT2D eigenvalue weighted by molar-refractivity contribution is 0.101. The Morgan fingerprint density at radius 3 is 2.76 bits per heavy atom. The number of benzene rings is 2. The van der Waals surface area contributed by atoms with Gasteiger partial charge in [-0.1, -0.05) is 22.9 Å². The molecular weight excluding hydrogens is 526 g/mol. The van der Waals surface area contributed by atoms with Crippen LogP contribution in [-0.2, 0) is 0 Å². The predicted molar refractivity (Wildman–Crippen MR) is 150 cm³/mol. The topological polar surface area (TPSA) is 151 Å². The molecule has 2 aromatic heterocycles. The van der Waals surface area contributed by atoms with Crippen molar-refractivity contribution in [1.29, 1.82) is 0 Å². The summed E-state index contributed by atoms with van der Waals surface area (Å²) in [7, 11) is 0. The third-order valence-electron chi connectivity index (χ3n) is 6.38. The number of aliphatic imine (C=N–C) groups is 1. The molecule has 4 aromatic rings. The van der Waals surface area contributed by atoms with Gasteiger partial charge in [-0.15, -0.1) is 0 Å². The Labute approximate surface area is 226 Å². The number of amides is 3. The lowest BCUT2D eigenvalue weighted by Crippen LogP contribution is -2.44. The molecule has 0 unspecified atom stereocenters. The van der Waals surface area contributed by atoms with E-state index in [1.54, 1.807) is 23.2 Å². The van der Waals surface area contributed by atoms with E-state index in [9.17, 15) is 9.59 Å². The molecule has 0 radical (unpaired) electrons. The Balaban J connectivity index is 1.05. The number of carbonyl (C=O) groups excluding carboxylic acids is 2. The standard InChI is InChI=1S/C25H22ClN9O2S/c26-18-12-29-24(31-15-1-3-17-13(9-15)11-28-22(17)36)34-21(18)30-14-5-7-35(8-6-14)25(37)32-16-2-4-19-20(10-16)38-23(27)33-19/h1-4,9-12,14H,5-8H2,(H2,27,33)(H,32,37)(H2,29,30,31,34). The first-order valence-electron chi connectivity index (χ1n) is 11.9.